The molecule has 0 unspecified atom stereocenters. The lowest BCUT2D eigenvalue weighted by Crippen LogP contribution is -2.49. The van der Waals surface area contributed by atoms with E-state index in [1.54, 1.807) is 5.43 Å². The van der Waals surface area contributed by atoms with E-state index in [4.69, 9.17) is 5.73 Å². The first-order valence-electron chi connectivity index (χ1n) is 12.1. The van der Waals surface area contributed by atoms with Crippen molar-refractivity contribution in [3.63, 3.8) is 0 Å². The van der Waals surface area contributed by atoms with Crippen molar-refractivity contribution in [3.05, 3.63) is 52.6 Å². The van der Waals surface area contributed by atoms with Gasteiger partial charge in [0.25, 0.3) is 5.96 Å². The third kappa shape index (κ3) is 11.2. The van der Waals surface area contributed by atoms with Gasteiger partial charge in [0.1, 0.15) is 5.78 Å². The number of thioether (sulfide) groups is 1. The number of hydrazine groups is 1. The number of nitrogens with zero attached hydrogens (tertiary/aromatic N) is 2. The number of hydrogen-bond donors (Lipinski definition) is 5. The molecule has 0 saturated carbocycles. The Morgan fingerprint density at radius 1 is 1.19 bits per heavy atom. The second kappa shape index (κ2) is 15.2. The molecule has 0 aliphatic heterocycles. The molecule has 0 heterocycles. The summed E-state index contributed by atoms with van der Waals surface area (Å²) in [7, 11) is -1.73. The van der Waals surface area contributed by atoms with Crippen molar-refractivity contribution in [2.75, 3.05) is 12.3 Å². The van der Waals surface area contributed by atoms with E-state index in [0.29, 0.717) is 12.8 Å². The number of nitrogens with one attached hydrogen (secondary N) is 2. The number of aliphatic imine (C=N–C) groups is 1. The van der Waals surface area contributed by atoms with E-state index >= 15 is 0 Å². The van der Waals surface area contributed by atoms with Gasteiger partial charge in [0.15, 0.2) is 5.03 Å². The molecule has 0 fully saturated rings. The van der Waals surface area contributed by atoms with Crippen molar-refractivity contribution >= 4 is 47.3 Å². The van der Waals surface area contributed by atoms with Crippen LogP contribution in [-0.4, -0.2) is 58.1 Å². The van der Waals surface area contributed by atoms with Crippen LogP contribution in [0.4, 0.5) is 0 Å². The van der Waals surface area contributed by atoms with Crippen molar-refractivity contribution in [1.82, 2.24) is 10.7 Å². The van der Waals surface area contributed by atoms with Gasteiger partial charge < -0.3 is 21.1 Å². The van der Waals surface area contributed by atoms with Crippen molar-refractivity contribution in [1.29, 1.82) is 0 Å². The van der Waals surface area contributed by atoms with E-state index in [2.05, 4.69) is 10.3 Å². The predicted molar refractivity (Wildman–Crippen MR) is 145 cm³/mol. The van der Waals surface area contributed by atoms with Crippen LogP contribution in [0.15, 0.2) is 52.4 Å². The Morgan fingerprint density at radius 2 is 1.89 bits per heavy atom. The molecule has 0 spiro atoms. The van der Waals surface area contributed by atoms with Gasteiger partial charge in [-0.25, -0.2) is 15.1 Å². The molecule has 6 N–H and O–H groups in total. The number of hydrogen-bond acceptors (Lipinski definition) is 8. The molecule has 37 heavy (non-hydrogen) atoms. The molecule has 0 aliphatic carbocycles. The Hall–Kier alpha value is -3.16. The van der Waals surface area contributed by atoms with Crippen LogP contribution in [0.25, 0.3) is 10.8 Å². The smallest absolute Gasteiger partial charge is 0.426 e. The van der Waals surface area contributed by atoms with Gasteiger partial charge in [-0.05, 0) is 48.1 Å². The number of Topliss-reactive ketones (excluding diaryl/α,β-unsaturated/α-hetero) is 1. The van der Waals surface area contributed by atoms with Gasteiger partial charge in [0.05, 0.1) is 11.7 Å². The molecule has 200 valence electrons. The zero-order valence-corrected chi connectivity index (χ0v) is 21.8. The van der Waals surface area contributed by atoms with E-state index in [1.807, 2.05) is 56.3 Å². The van der Waals surface area contributed by atoms with Crippen LogP contribution in [-0.2, 0) is 9.59 Å². The number of benzene rings is 2. The highest BCUT2D eigenvalue weighted by atomic mass is 32.2. The van der Waals surface area contributed by atoms with Crippen LogP contribution in [0.1, 0.15) is 39.5 Å². The second-order valence-electron chi connectivity index (χ2n) is 9.17. The molecule has 13 heteroatoms. The standard InChI is InChI=1S/C24H34BN5O6S/c1-16(2)12-22(25(33)34)28-23(32)19(8-5-11-27-24(26)29-30(35)36)13-20(31)15-37-21-10-9-17-6-3-4-7-18(17)14-21/h3-4,6-7,9-10,14,16,19,22,33-34H,5,8,11-13,15H2,1-2H3,(H,28,32)(H3,26,27,29)/t19-,22+/m1/s1. The molecule has 0 radical (unpaired) electrons. The Kier molecular flexibility index (Phi) is 12.3. The molecule has 1 amide bonds. The lowest BCUT2D eigenvalue weighted by molar-refractivity contribution is -0.525. The summed E-state index contributed by atoms with van der Waals surface area (Å²) in [4.78, 5) is 41.0. The summed E-state index contributed by atoms with van der Waals surface area (Å²) in [5.41, 5.74) is 7.16. The fourth-order valence-electron chi connectivity index (χ4n) is 3.81. The normalized spacial score (nSPS) is 13.3. The van der Waals surface area contributed by atoms with Gasteiger partial charge in [-0.15, -0.1) is 11.8 Å². The van der Waals surface area contributed by atoms with E-state index in [-0.39, 0.29) is 42.8 Å². The summed E-state index contributed by atoms with van der Waals surface area (Å²) in [6, 6.07) is 13.9. The number of amides is 1. The molecule has 0 saturated heterocycles. The molecule has 2 aromatic rings. The van der Waals surface area contributed by atoms with Crippen molar-refractivity contribution in [3.8, 4) is 0 Å². The Morgan fingerprint density at radius 3 is 2.54 bits per heavy atom. The summed E-state index contributed by atoms with van der Waals surface area (Å²) in [6.07, 6.45) is 0.938. The topological polar surface area (TPSA) is 180 Å². The van der Waals surface area contributed by atoms with Crippen LogP contribution in [0.2, 0.25) is 0 Å². The molecule has 2 atom stereocenters. The van der Waals surface area contributed by atoms with E-state index < -0.39 is 29.9 Å². The van der Waals surface area contributed by atoms with Crippen LogP contribution in [0, 0.1) is 22.0 Å². The minimum Gasteiger partial charge on any atom is -0.426 e. The van der Waals surface area contributed by atoms with Crippen molar-refractivity contribution < 1.29 is 24.7 Å². The maximum absolute atomic E-state index is 13.0. The van der Waals surface area contributed by atoms with Crippen LogP contribution in [0.5, 0.6) is 0 Å². The minimum atomic E-state index is -1.73. The van der Waals surface area contributed by atoms with Crippen molar-refractivity contribution in [2.24, 2.45) is 22.6 Å². The third-order valence-corrected chi connectivity index (χ3v) is 6.63. The van der Waals surface area contributed by atoms with E-state index in [9.17, 15) is 29.8 Å². The van der Waals surface area contributed by atoms with Crippen LogP contribution in [0.3, 0.4) is 0 Å². The number of carbonyl (C=O) groups excluding carboxylic acids is 2. The highest BCUT2D eigenvalue weighted by Gasteiger charge is 2.30. The first-order valence-corrected chi connectivity index (χ1v) is 13.0. The maximum atomic E-state index is 13.0. The lowest BCUT2D eigenvalue weighted by atomic mass is 9.74. The third-order valence-electron chi connectivity index (χ3n) is 5.58. The van der Waals surface area contributed by atoms with Crippen LogP contribution >= 0.6 is 11.8 Å². The number of carbonyl (C=O) groups is 2. The van der Waals surface area contributed by atoms with Crippen LogP contribution < -0.4 is 16.5 Å². The molecular weight excluding hydrogens is 497 g/mol. The number of nitro groups is 1. The number of guanidine groups is 1. The van der Waals surface area contributed by atoms with Gasteiger partial charge in [-0.1, -0.05) is 49.6 Å². The first-order chi connectivity index (χ1) is 17.5. The monoisotopic (exact) mass is 531 g/mol. The number of nitrogens with two attached hydrogens (primary N) is 1. The zero-order chi connectivity index (χ0) is 27.4. The van der Waals surface area contributed by atoms with Gasteiger partial charge in [0.2, 0.25) is 5.91 Å². The highest BCUT2D eigenvalue weighted by molar-refractivity contribution is 8.00. The first kappa shape index (κ1) is 30.1. The Bertz CT molecular complexity index is 1100. The molecule has 0 bridgehead atoms. The maximum Gasteiger partial charge on any atom is 0.475 e. The lowest BCUT2D eigenvalue weighted by Gasteiger charge is -2.23. The van der Waals surface area contributed by atoms with Gasteiger partial charge in [0, 0.05) is 23.8 Å². The summed E-state index contributed by atoms with van der Waals surface area (Å²) in [5.74, 6) is -2.23. The van der Waals surface area contributed by atoms with Crippen molar-refractivity contribution in [2.45, 2.75) is 50.4 Å². The fraction of sp³-hybridized carbons (Fsp3) is 0.458. The molecule has 2 rings (SSSR count). The second-order valence-corrected chi connectivity index (χ2v) is 10.2. The quantitative estimate of drug-likeness (QED) is 0.0436. The van der Waals surface area contributed by atoms with Gasteiger partial charge in [-0.3, -0.25) is 9.59 Å². The summed E-state index contributed by atoms with van der Waals surface area (Å²) < 4.78 is 0. The average Bonchev–Trinajstić information content (AvgIpc) is 2.83. The zero-order valence-electron chi connectivity index (χ0n) is 21.0. The average molecular weight is 531 g/mol. The summed E-state index contributed by atoms with van der Waals surface area (Å²) in [6.45, 7) is 3.91. The number of ketones is 1. The molecule has 0 aliphatic rings. The molecule has 2 aromatic carbocycles. The van der Waals surface area contributed by atoms with E-state index in [1.165, 1.54) is 11.8 Å². The molecular formula is C24H34BN5O6S. The summed E-state index contributed by atoms with van der Waals surface area (Å²) >= 11 is 1.39. The largest absolute Gasteiger partial charge is 0.475 e. The fourth-order valence-corrected chi connectivity index (χ4v) is 4.63. The van der Waals surface area contributed by atoms with Gasteiger partial charge in [-0.2, -0.15) is 0 Å². The highest BCUT2D eigenvalue weighted by Crippen LogP contribution is 2.25. The summed E-state index contributed by atoms with van der Waals surface area (Å²) in [5, 5.41) is 33.8. The Labute approximate surface area is 220 Å². The molecule has 0 aromatic heterocycles. The van der Waals surface area contributed by atoms with E-state index in [0.717, 1.165) is 15.7 Å². The number of fused-ring (bicyclic) bond motifs is 1. The van der Waals surface area contributed by atoms with Gasteiger partial charge >= 0.3 is 7.12 Å². The SMILES string of the molecule is CC(C)C[C@H](NC(=O)[C@H](CCCN=C(N)N[N+](=O)[O-])CC(=O)CSc1ccc2ccccc2c1)B(O)O. The predicted octanol–water partition coefficient (Wildman–Crippen LogP) is 1.93. The minimum absolute atomic E-state index is 0.0331. The number of rotatable bonds is 15. The Balaban J connectivity index is 2.02. The molecule has 11 nitrogen and oxygen atoms in total.